The van der Waals surface area contributed by atoms with E-state index < -0.39 is 12.2 Å². The van der Waals surface area contributed by atoms with Crippen molar-refractivity contribution in [3.63, 3.8) is 0 Å². The molecule has 5 heterocycles. The largest absolute Gasteiger partial charge is 0.356 e. The lowest BCUT2D eigenvalue weighted by molar-refractivity contribution is 0.0936. The Morgan fingerprint density at radius 2 is 2.00 bits per heavy atom. The second kappa shape index (κ2) is 8.81. The van der Waals surface area contributed by atoms with E-state index in [4.69, 9.17) is 0 Å². The number of H-pyrrole nitrogens is 1. The van der Waals surface area contributed by atoms with E-state index in [9.17, 15) is 9.18 Å². The summed E-state index contributed by atoms with van der Waals surface area (Å²) in [4.78, 5) is 28.5. The SMILES string of the molecule is Cc1cc(C#CC2[C@H]3CN(C)C[C@@H]23)cc(C(=O)NC(c2cc3ccccc3[nH]2)c2ncn3c2C[C@@H](F)C3)n1. The second-order valence-corrected chi connectivity index (χ2v) is 11.0. The molecular formula is C30H29FN6O. The fraction of sp³-hybridized carbons (Fsp3) is 0.367. The first-order valence-corrected chi connectivity index (χ1v) is 13.2. The molecular weight excluding hydrogens is 479 g/mol. The third kappa shape index (κ3) is 4.07. The molecule has 0 bridgehead atoms. The number of fused-ring (bicyclic) bond motifs is 3. The number of aromatic amines is 1. The van der Waals surface area contributed by atoms with Crippen LogP contribution in [0.5, 0.6) is 0 Å². The number of hydrogen-bond donors (Lipinski definition) is 2. The standard InChI is InChI=1S/C30H29FN6O/c1-17-9-18(7-8-21-22-14-36(2)15-23(21)22)10-26(33-17)30(38)35-28(25-11-19-5-3-4-6-24(19)34-25)29-27-12-20(31)13-37(27)16-32-29/h3-6,9-11,16,20-23,28,34H,12-15H2,1-2H3,(H,35,38)/t20-,21?,22-,23+,28?/m1/s1. The Balaban J connectivity index is 1.19. The Kier molecular flexibility index (Phi) is 5.38. The quantitative estimate of drug-likeness (QED) is 0.413. The van der Waals surface area contributed by atoms with Crippen LogP contribution in [-0.4, -0.2) is 56.6 Å². The van der Waals surface area contributed by atoms with Gasteiger partial charge in [0.25, 0.3) is 5.91 Å². The van der Waals surface area contributed by atoms with Crippen molar-refractivity contribution >= 4 is 16.8 Å². The van der Waals surface area contributed by atoms with Crippen molar-refractivity contribution in [2.45, 2.75) is 32.1 Å². The van der Waals surface area contributed by atoms with E-state index in [-0.39, 0.29) is 18.9 Å². The number of nitrogens with zero attached hydrogens (tertiary/aromatic N) is 4. The highest BCUT2D eigenvalue weighted by molar-refractivity contribution is 5.93. The Morgan fingerprint density at radius 1 is 1.18 bits per heavy atom. The molecule has 0 radical (unpaired) electrons. The summed E-state index contributed by atoms with van der Waals surface area (Å²) in [6, 6.07) is 13.1. The molecule has 7 rings (SSSR count). The number of aromatic nitrogens is 4. The predicted molar refractivity (Wildman–Crippen MR) is 142 cm³/mol. The summed E-state index contributed by atoms with van der Waals surface area (Å²) in [6.45, 7) is 4.39. The van der Waals surface area contributed by atoms with Gasteiger partial charge in [0, 0.05) is 53.6 Å². The summed E-state index contributed by atoms with van der Waals surface area (Å²) in [6.07, 6.45) is 0.996. The molecule has 1 saturated heterocycles. The van der Waals surface area contributed by atoms with Gasteiger partial charge in [-0.1, -0.05) is 30.0 Å². The minimum atomic E-state index is -0.947. The van der Waals surface area contributed by atoms with Gasteiger partial charge in [0.15, 0.2) is 0 Å². The van der Waals surface area contributed by atoms with Gasteiger partial charge in [-0.25, -0.2) is 14.4 Å². The maximum atomic E-state index is 14.2. The summed E-state index contributed by atoms with van der Waals surface area (Å²) < 4.78 is 16.1. The van der Waals surface area contributed by atoms with Crippen molar-refractivity contribution in [3.8, 4) is 11.8 Å². The van der Waals surface area contributed by atoms with Crippen LogP contribution in [-0.2, 0) is 13.0 Å². The van der Waals surface area contributed by atoms with Gasteiger partial charge in [-0.2, -0.15) is 0 Å². The average Bonchev–Trinajstić information content (AvgIpc) is 3.39. The molecule has 0 spiro atoms. The molecule has 2 N–H and O–H groups in total. The van der Waals surface area contributed by atoms with Crippen molar-refractivity contribution in [3.05, 3.63) is 82.8 Å². The molecule has 2 aliphatic heterocycles. The summed E-state index contributed by atoms with van der Waals surface area (Å²) in [5, 5.41) is 4.17. The lowest BCUT2D eigenvalue weighted by atomic mass is 10.1. The third-order valence-corrected chi connectivity index (χ3v) is 8.14. The number of imidazole rings is 1. The Morgan fingerprint density at radius 3 is 2.82 bits per heavy atom. The third-order valence-electron chi connectivity index (χ3n) is 8.14. The first-order chi connectivity index (χ1) is 18.4. The molecule has 1 aromatic carbocycles. The van der Waals surface area contributed by atoms with Gasteiger partial charge in [-0.3, -0.25) is 4.79 Å². The second-order valence-electron chi connectivity index (χ2n) is 11.0. The number of aryl methyl sites for hydroxylation is 1. The van der Waals surface area contributed by atoms with Gasteiger partial charge < -0.3 is 19.8 Å². The Bertz CT molecular complexity index is 1580. The Hall–Kier alpha value is -3.96. The normalized spacial score (nSPS) is 24.5. The molecule has 3 aromatic heterocycles. The first-order valence-electron chi connectivity index (χ1n) is 13.2. The van der Waals surface area contributed by atoms with Gasteiger partial charge in [0.1, 0.15) is 17.9 Å². The zero-order chi connectivity index (χ0) is 26.0. The van der Waals surface area contributed by atoms with Crippen LogP contribution in [0.3, 0.4) is 0 Å². The zero-order valence-corrected chi connectivity index (χ0v) is 21.4. The summed E-state index contributed by atoms with van der Waals surface area (Å²) in [5.74, 6) is 8.22. The first kappa shape index (κ1) is 23.2. The number of carbonyl (C=O) groups excluding carboxylic acids is 1. The van der Waals surface area contributed by atoms with Crippen LogP contribution in [0.15, 0.2) is 48.8 Å². The topological polar surface area (TPSA) is 78.8 Å². The number of rotatable bonds is 4. The number of piperidine rings is 1. The number of para-hydroxylation sites is 1. The van der Waals surface area contributed by atoms with Crippen molar-refractivity contribution < 1.29 is 9.18 Å². The molecule has 1 amide bonds. The van der Waals surface area contributed by atoms with Crippen molar-refractivity contribution in [1.29, 1.82) is 0 Å². The molecule has 1 aliphatic carbocycles. The summed E-state index contributed by atoms with van der Waals surface area (Å²) >= 11 is 0. The van der Waals surface area contributed by atoms with Gasteiger partial charge in [-0.05, 0) is 55.5 Å². The molecule has 4 aromatic rings. The smallest absolute Gasteiger partial charge is 0.270 e. The predicted octanol–water partition coefficient (Wildman–Crippen LogP) is 3.64. The number of nitrogens with one attached hydrogen (secondary N) is 2. The highest BCUT2D eigenvalue weighted by Gasteiger charge is 2.54. The fourth-order valence-electron chi connectivity index (χ4n) is 6.26. The van der Waals surface area contributed by atoms with Crippen molar-refractivity contribution in [2.75, 3.05) is 20.1 Å². The maximum absolute atomic E-state index is 14.2. The van der Waals surface area contributed by atoms with Crippen molar-refractivity contribution in [2.24, 2.45) is 17.8 Å². The van der Waals surface area contributed by atoms with Crippen molar-refractivity contribution in [1.82, 2.24) is 29.7 Å². The van der Waals surface area contributed by atoms with Crippen LogP contribution in [0.4, 0.5) is 4.39 Å². The van der Waals surface area contributed by atoms with Crippen LogP contribution >= 0.6 is 0 Å². The minimum Gasteiger partial charge on any atom is -0.356 e. The maximum Gasteiger partial charge on any atom is 0.270 e. The van der Waals surface area contributed by atoms with Gasteiger partial charge in [-0.15, -0.1) is 0 Å². The highest BCUT2D eigenvalue weighted by atomic mass is 19.1. The van der Waals surface area contributed by atoms with Crippen LogP contribution in [0.25, 0.3) is 10.9 Å². The van der Waals surface area contributed by atoms with Crippen LogP contribution < -0.4 is 5.32 Å². The molecule has 7 nitrogen and oxygen atoms in total. The number of hydrogen-bond acceptors (Lipinski definition) is 4. The van der Waals surface area contributed by atoms with E-state index in [0.29, 0.717) is 29.1 Å². The minimum absolute atomic E-state index is 0.281. The number of halogens is 1. The molecule has 2 fully saturated rings. The summed E-state index contributed by atoms with van der Waals surface area (Å²) in [7, 11) is 2.16. The molecule has 1 saturated carbocycles. The molecule has 5 atom stereocenters. The number of amides is 1. The number of carbonyl (C=O) groups is 1. The average molecular weight is 509 g/mol. The number of likely N-dealkylation sites (tertiary alicyclic amines) is 1. The number of benzene rings is 1. The van der Waals surface area contributed by atoms with Crippen LogP contribution in [0, 0.1) is 36.5 Å². The van der Waals surface area contributed by atoms with Gasteiger partial charge in [0.05, 0.1) is 18.6 Å². The van der Waals surface area contributed by atoms with Crippen LogP contribution in [0.1, 0.15) is 44.9 Å². The summed E-state index contributed by atoms with van der Waals surface area (Å²) in [5.41, 5.74) is 5.07. The molecule has 8 heteroatoms. The van der Waals surface area contributed by atoms with E-state index in [2.05, 4.69) is 44.1 Å². The molecule has 3 aliphatic rings. The molecule has 2 unspecified atom stereocenters. The lowest BCUT2D eigenvalue weighted by Gasteiger charge is -2.17. The zero-order valence-electron chi connectivity index (χ0n) is 21.4. The van der Waals surface area contributed by atoms with E-state index in [0.717, 1.165) is 46.6 Å². The van der Waals surface area contributed by atoms with Crippen LogP contribution in [0.2, 0.25) is 0 Å². The number of alkyl halides is 1. The fourth-order valence-corrected chi connectivity index (χ4v) is 6.26. The highest BCUT2D eigenvalue weighted by Crippen LogP contribution is 2.50. The number of pyridine rings is 1. The van der Waals surface area contributed by atoms with Gasteiger partial charge in [0.2, 0.25) is 0 Å². The van der Waals surface area contributed by atoms with E-state index >= 15 is 0 Å². The molecule has 192 valence electrons. The van der Waals surface area contributed by atoms with E-state index in [1.54, 1.807) is 12.4 Å². The Labute approximate surface area is 220 Å². The van der Waals surface area contributed by atoms with E-state index in [1.165, 1.54) is 0 Å². The van der Waals surface area contributed by atoms with E-state index in [1.807, 2.05) is 47.9 Å². The van der Waals surface area contributed by atoms with Gasteiger partial charge >= 0.3 is 0 Å². The molecule has 38 heavy (non-hydrogen) atoms. The monoisotopic (exact) mass is 508 g/mol. The lowest BCUT2D eigenvalue weighted by Crippen LogP contribution is -2.31.